The van der Waals surface area contributed by atoms with E-state index in [0.717, 1.165) is 16.7 Å². The SMILES string of the molecule is CCC(C(=O)NC(C)(C)C)N(Cc1ccc(Cl)c(Cl)c1)C(=O)Cc1ccccc1C. The van der Waals surface area contributed by atoms with Crippen LogP contribution in [0, 0.1) is 6.92 Å². The van der Waals surface area contributed by atoms with Crippen molar-refractivity contribution in [3.63, 3.8) is 0 Å². The van der Waals surface area contributed by atoms with Crippen LogP contribution in [0.4, 0.5) is 0 Å². The fourth-order valence-electron chi connectivity index (χ4n) is 3.28. The van der Waals surface area contributed by atoms with Crippen LogP contribution in [0.5, 0.6) is 0 Å². The van der Waals surface area contributed by atoms with Gasteiger partial charge in [-0.15, -0.1) is 0 Å². The van der Waals surface area contributed by atoms with Crippen molar-refractivity contribution in [3.05, 3.63) is 69.2 Å². The standard InChI is InChI=1S/C24H30Cl2N2O2/c1-6-21(23(30)27-24(3,4)5)28(15-17-11-12-19(25)20(26)13-17)22(29)14-18-10-8-7-9-16(18)2/h7-13,21H,6,14-15H2,1-5H3,(H,27,30). The van der Waals surface area contributed by atoms with Gasteiger partial charge in [-0.05, 0) is 62.9 Å². The third-order valence-corrected chi connectivity index (χ3v) is 5.56. The Kier molecular flexibility index (Phi) is 8.34. The topological polar surface area (TPSA) is 49.4 Å². The third-order valence-electron chi connectivity index (χ3n) is 4.82. The Morgan fingerprint density at radius 3 is 2.30 bits per heavy atom. The van der Waals surface area contributed by atoms with Crippen LogP contribution in [0.2, 0.25) is 10.0 Å². The van der Waals surface area contributed by atoms with E-state index in [9.17, 15) is 9.59 Å². The Morgan fingerprint density at radius 1 is 1.07 bits per heavy atom. The van der Waals surface area contributed by atoms with E-state index in [1.54, 1.807) is 17.0 Å². The highest BCUT2D eigenvalue weighted by atomic mass is 35.5. The van der Waals surface area contributed by atoms with Crippen LogP contribution >= 0.6 is 23.2 Å². The van der Waals surface area contributed by atoms with E-state index in [2.05, 4.69) is 5.32 Å². The summed E-state index contributed by atoms with van der Waals surface area (Å²) in [4.78, 5) is 28.0. The normalized spacial score (nSPS) is 12.4. The monoisotopic (exact) mass is 448 g/mol. The Hall–Kier alpha value is -2.04. The van der Waals surface area contributed by atoms with E-state index in [0.29, 0.717) is 16.5 Å². The molecule has 0 aliphatic rings. The quantitative estimate of drug-likeness (QED) is 0.601. The van der Waals surface area contributed by atoms with Crippen LogP contribution in [0.25, 0.3) is 0 Å². The van der Waals surface area contributed by atoms with Crippen LogP contribution in [0.15, 0.2) is 42.5 Å². The minimum Gasteiger partial charge on any atom is -0.350 e. The molecule has 1 N–H and O–H groups in total. The van der Waals surface area contributed by atoms with Crippen LogP contribution in [-0.2, 0) is 22.6 Å². The van der Waals surface area contributed by atoms with Gasteiger partial charge in [0.1, 0.15) is 6.04 Å². The summed E-state index contributed by atoms with van der Waals surface area (Å²) in [5, 5.41) is 3.89. The van der Waals surface area contributed by atoms with Gasteiger partial charge in [-0.1, -0.05) is 60.5 Å². The first-order valence-electron chi connectivity index (χ1n) is 10.1. The first-order chi connectivity index (χ1) is 14.0. The van der Waals surface area contributed by atoms with Crippen LogP contribution in [0.3, 0.4) is 0 Å². The van der Waals surface area contributed by atoms with Gasteiger partial charge in [-0.25, -0.2) is 0 Å². The second-order valence-corrected chi connectivity index (χ2v) is 9.35. The molecule has 0 saturated heterocycles. The van der Waals surface area contributed by atoms with Gasteiger partial charge in [0.05, 0.1) is 16.5 Å². The molecule has 6 heteroatoms. The molecule has 0 radical (unpaired) electrons. The molecule has 0 spiro atoms. The van der Waals surface area contributed by atoms with E-state index >= 15 is 0 Å². The van der Waals surface area contributed by atoms with Crippen molar-refractivity contribution in [2.75, 3.05) is 0 Å². The highest BCUT2D eigenvalue weighted by molar-refractivity contribution is 6.42. The molecule has 30 heavy (non-hydrogen) atoms. The number of amides is 2. The largest absolute Gasteiger partial charge is 0.350 e. The van der Waals surface area contributed by atoms with Gasteiger partial charge in [-0.3, -0.25) is 9.59 Å². The first kappa shape index (κ1) is 24.2. The minimum absolute atomic E-state index is 0.105. The number of hydrogen-bond acceptors (Lipinski definition) is 2. The highest BCUT2D eigenvalue weighted by Gasteiger charge is 2.30. The van der Waals surface area contributed by atoms with E-state index < -0.39 is 11.6 Å². The molecule has 2 aromatic carbocycles. The molecule has 0 heterocycles. The van der Waals surface area contributed by atoms with E-state index in [1.165, 1.54) is 0 Å². The zero-order valence-corrected chi connectivity index (χ0v) is 19.8. The molecule has 2 aromatic rings. The molecule has 162 valence electrons. The molecule has 2 rings (SSSR count). The van der Waals surface area contributed by atoms with Gasteiger partial charge in [-0.2, -0.15) is 0 Å². The van der Waals surface area contributed by atoms with Crippen LogP contribution < -0.4 is 5.32 Å². The smallest absolute Gasteiger partial charge is 0.243 e. The fraction of sp³-hybridized carbons (Fsp3) is 0.417. The number of aryl methyl sites for hydroxylation is 1. The molecule has 0 aromatic heterocycles. The van der Waals surface area contributed by atoms with Crippen molar-refractivity contribution in [1.82, 2.24) is 10.2 Å². The van der Waals surface area contributed by atoms with Crippen molar-refractivity contribution in [1.29, 1.82) is 0 Å². The number of carbonyl (C=O) groups excluding carboxylic acids is 2. The molecular formula is C24H30Cl2N2O2. The Labute approximate surface area is 189 Å². The average Bonchev–Trinajstić information content (AvgIpc) is 2.64. The number of benzene rings is 2. The number of rotatable bonds is 7. The molecule has 2 amide bonds. The molecule has 0 saturated carbocycles. The number of hydrogen-bond donors (Lipinski definition) is 1. The van der Waals surface area contributed by atoms with Crippen molar-refractivity contribution in [3.8, 4) is 0 Å². The first-order valence-corrected chi connectivity index (χ1v) is 10.9. The van der Waals surface area contributed by atoms with Gasteiger partial charge < -0.3 is 10.2 Å². The van der Waals surface area contributed by atoms with Crippen molar-refractivity contribution >= 4 is 35.0 Å². The summed E-state index contributed by atoms with van der Waals surface area (Å²) in [5.74, 6) is -0.269. The maximum absolute atomic E-state index is 13.4. The van der Waals surface area contributed by atoms with Crippen LogP contribution in [0.1, 0.15) is 50.8 Å². The molecule has 1 unspecified atom stereocenters. The Morgan fingerprint density at radius 2 is 1.73 bits per heavy atom. The Balaban J connectivity index is 2.36. The lowest BCUT2D eigenvalue weighted by molar-refractivity contribution is -0.141. The molecule has 1 atom stereocenters. The average molecular weight is 449 g/mol. The molecule has 4 nitrogen and oxygen atoms in total. The van der Waals surface area contributed by atoms with E-state index in [-0.39, 0.29) is 24.8 Å². The fourth-order valence-corrected chi connectivity index (χ4v) is 3.60. The second-order valence-electron chi connectivity index (χ2n) is 8.54. The highest BCUT2D eigenvalue weighted by Crippen LogP contribution is 2.24. The molecule has 0 aliphatic heterocycles. The predicted octanol–water partition coefficient (Wildman–Crippen LogP) is 5.57. The van der Waals surface area contributed by atoms with Crippen LogP contribution in [-0.4, -0.2) is 28.3 Å². The molecule has 0 fully saturated rings. The predicted molar refractivity (Wildman–Crippen MR) is 124 cm³/mol. The van der Waals surface area contributed by atoms with E-state index in [1.807, 2.05) is 65.0 Å². The zero-order valence-electron chi connectivity index (χ0n) is 18.3. The summed E-state index contributed by atoms with van der Waals surface area (Å²) in [7, 11) is 0. The zero-order chi connectivity index (χ0) is 22.5. The number of carbonyl (C=O) groups is 2. The third kappa shape index (κ3) is 6.75. The lowest BCUT2D eigenvalue weighted by Gasteiger charge is -2.33. The van der Waals surface area contributed by atoms with Gasteiger partial charge in [0.25, 0.3) is 0 Å². The summed E-state index contributed by atoms with van der Waals surface area (Å²) in [6, 6.07) is 12.5. The van der Waals surface area contributed by atoms with Crippen molar-refractivity contribution < 1.29 is 9.59 Å². The molecule has 0 bridgehead atoms. The number of nitrogens with one attached hydrogen (secondary N) is 1. The maximum Gasteiger partial charge on any atom is 0.243 e. The summed E-state index contributed by atoms with van der Waals surface area (Å²) in [6.07, 6.45) is 0.732. The lowest BCUT2D eigenvalue weighted by Crippen LogP contribution is -2.53. The maximum atomic E-state index is 13.4. The van der Waals surface area contributed by atoms with Crippen molar-refractivity contribution in [2.45, 2.75) is 65.6 Å². The lowest BCUT2D eigenvalue weighted by atomic mass is 10.0. The summed E-state index contributed by atoms with van der Waals surface area (Å²) in [6.45, 7) is 9.95. The summed E-state index contributed by atoms with van der Waals surface area (Å²) in [5.41, 5.74) is 2.43. The van der Waals surface area contributed by atoms with E-state index in [4.69, 9.17) is 23.2 Å². The number of halogens is 2. The molecular weight excluding hydrogens is 419 g/mol. The van der Waals surface area contributed by atoms with Gasteiger partial charge >= 0.3 is 0 Å². The number of nitrogens with zero attached hydrogens (tertiary/aromatic N) is 1. The van der Waals surface area contributed by atoms with Gasteiger partial charge in [0.2, 0.25) is 11.8 Å². The minimum atomic E-state index is -0.588. The summed E-state index contributed by atoms with van der Waals surface area (Å²) < 4.78 is 0. The molecule has 0 aliphatic carbocycles. The van der Waals surface area contributed by atoms with Gasteiger partial charge in [0, 0.05) is 12.1 Å². The Bertz CT molecular complexity index is 906. The van der Waals surface area contributed by atoms with Gasteiger partial charge in [0.15, 0.2) is 0 Å². The van der Waals surface area contributed by atoms with Crippen molar-refractivity contribution in [2.24, 2.45) is 0 Å². The second kappa shape index (κ2) is 10.3. The summed E-state index contributed by atoms with van der Waals surface area (Å²) >= 11 is 12.2.